The number of aliphatic hydroxyl groups is 1. The lowest BCUT2D eigenvalue weighted by atomic mass is 9.87. The standard InChI is InChI=1S/C25H35NO5S/c1-4-6-12-25(5-2)18-32(28,29)23-16-22(30-3)20(17-31-14-13-27)15-21(23)24(26-25)19-10-8-7-9-11-19/h7-11,15-16,24,26-27H,4-6,12-14,17-18H2,1-3H3/t24-,25+/m0/s1. The molecule has 0 radical (unpaired) electrons. The van der Waals surface area contributed by atoms with Crippen LogP contribution in [0.4, 0.5) is 0 Å². The van der Waals surface area contributed by atoms with Gasteiger partial charge in [0.15, 0.2) is 9.84 Å². The number of unbranched alkanes of at least 4 members (excludes halogenated alkanes) is 1. The van der Waals surface area contributed by atoms with Crippen LogP contribution in [0.1, 0.15) is 62.3 Å². The van der Waals surface area contributed by atoms with Crippen LogP contribution in [0.5, 0.6) is 5.75 Å². The molecule has 1 aliphatic heterocycles. The normalized spacial score (nSPS) is 22.2. The van der Waals surface area contributed by atoms with Gasteiger partial charge in [0.1, 0.15) is 5.75 Å². The molecule has 6 nitrogen and oxygen atoms in total. The molecule has 2 aromatic carbocycles. The van der Waals surface area contributed by atoms with Crippen LogP contribution in [0.25, 0.3) is 0 Å². The summed E-state index contributed by atoms with van der Waals surface area (Å²) in [5.74, 6) is 0.533. The van der Waals surface area contributed by atoms with Crippen molar-refractivity contribution in [2.45, 2.75) is 62.6 Å². The van der Waals surface area contributed by atoms with Crippen LogP contribution < -0.4 is 10.1 Å². The monoisotopic (exact) mass is 461 g/mol. The zero-order chi connectivity index (χ0) is 23.2. The fourth-order valence-corrected chi connectivity index (χ4v) is 6.62. The summed E-state index contributed by atoms with van der Waals surface area (Å²) in [7, 11) is -2.03. The van der Waals surface area contributed by atoms with Crippen molar-refractivity contribution in [1.29, 1.82) is 0 Å². The lowest BCUT2D eigenvalue weighted by molar-refractivity contribution is 0.0802. The fourth-order valence-electron chi connectivity index (χ4n) is 4.49. The van der Waals surface area contributed by atoms with Crippen LogP contribution in [0, 0.1) is 0 Å². The predicted octanol–water partition coefficient (Wildman–Crippen LogP) is 4.01. The number of benzene rings is 2. The molecule has 0 amide bonds. The minimum atomic E-state index is -3.57. The van der Waals surface area contributed by atoms with Gasteiger partial charge in [-0.15, -0.1) is 0 Å². The molecule has 0 spiro atoms. The zero-order valence-electron chi connectivity index (χ0n) is 19.3. The van der Waals surface area contributed by atoms with Gasteiger partial charge in [0.2, 0.25) is 0 Å². The van der Waals surface area contributed by atoms with E-state index in [-0.39, 0.29) is 31.6 Å². The van der Waals surface area contributed by atoms with E-state index in [1.807, 2.05) is 36.4 Å². The molecule has 0 bridgehead atoms. The minimum absolute atomic E-state index is 0.0519. The average molecular weight is 462 g/mol. The van der Waals surface area contributed by atoms with Gasteiger partial charge in [-0.25, -0.2) is 8.42 Å². The second-order valence-electron chi connectivity index (χ2n) is 8.46. The van der Waals surface area contributed by atoms with Crippen LogP contribution in [-0.4, -0.2) is 45.1 Å². The maximum Gasteiger partial charge on any atom is 0.180 e. The van der Waals surface area contributed by atoms with Gasteiger partial charge in [-0.05, 0) is 36.1 Å². The van der Waals surface area contributed by atoms with Crippen molar-refractivity contribution in [2.75, 3.05) is 26.1 Å². The number of fused-ring (bicyclic) bond motifs is 1. The summed E-state index contributed by atoms with van der Waals surface area (Å²) in [6.45, 7) is 4.54. The summed E-state index contributed by atoms with van der Waals surface area (Å²) in [6.07, 6.45) is 3.47. The summed E-state index contributed by atoms with van der Waals surface area (Å²) < 4.78 is 38.5. The molecular formula is C25H35NO5S. The van der Waals surface area contributed by atoms with Crippen molar-refractivity contribution < 1.29 is 23.0 Å². The first-order valence-electron chi connectivity index (χ1n) is 11.3. The van der Waals surface area contributed by atoms with Gasteiger partial charge < -0.3 is 14.6 Å². The minimum Gasteiger partial charge on any atom is -0.496 e. The van der Waals surface area contributed by atoms with Crippen LogP contribution in [0.3, 0.4) is 0 Å². The molecule has 0 saturated heterocycles. The highest BCUT2D eigenvalue weighted by atomic mass is 32.2. The second kappa shape index (κ2) is 10.8. The van der Waals surface area contributed by atoms with Crippen LogP contribution in [0.2, 0.25) is 0 Å². The van der Waals surface area contributed by atoms with Gasteiger partial charge in [-0.1, -0.05) is 57.0 Å². The molecule has 3 rings (SSSR count). The molecule has 32 heavy (non-hydrogen) atoms. The maximum atomic E-state index is 13.7. The molecule has 0 aromatic heterocycles. The number of ether oxygens (including phenoxy) is 2. The zero-order valence-corrected chi connectivity index (χ0v) is 20.1. The molecule has 0 saturated carbocycles. The number of hydrogen-bond acceptors (Lipinski definition) is 6. The maximum absolute atomic E-state index is 13.7. The Labute approximate surface area is 191 Å². The van der Waals surface area contributed by atoms with E-state index < -0.39 is 15.4 Å². The van der Waals surface area contributed by atoms with E-state index in [1.54, 1.807) is 6.07 Å². The second-order valence-corrected chi connectivity index (χ2v) is 10.4. The summed E-state index contributed by atoms with van der Waals surface area (Å²) >= 11 is 0. The van der Waals surface area contributed by atoms with Crippen molar-refractivity contribution in [1.82, 2.24) is 5.32 Å². The molecule has 2 N–H and O–H groups in total. The Balaban J connectivity index is 2.20. The third kappa shape index (κ3) is 5.34. The summed E-state index contributed by atoms with van der Waals surface area (Å²) in [6, 6.07) is 13.2. The van der Waals surface area contributed by atoms with Gasteiger partial charge >= 0.3 is 0 Å². The van der Waals surface area contributed by atoms with Gasteiger partial charge in [-0.2, -0.15) is 0 Å². The van der Waals surface area contributed by atoms with E-state index >= 15 is 0 Å². The average Bonchev–Trinajstić information content (AvgIpc) is 2.90. The molecule has 2 aromatic rings. The van der Waals surface area contributed by atoms with Gasteiger partial charge in [0.25, 0.3) is 0 Å². The first-order valence-corrected chi connectivity index (χ1v) is 13.0. The molecule has 7 heteroatoms. The molecule has 0 unspecified atom stereocenters. The third-order valence-electron chi connectivity index (χ3n) is 6.29. The number of rotatable bonds is 10. The Morgan fingerprint density at radius 2 is 1.94 bits per heavy atom. The highest BCUT2D eigenvalue weighted by molar-refractivity contribution is 7.91. The van der Waals surface area contributed by atoms with E-state index in [2.05, 4.69) is 19.2 Å². The molecule has 1 heterocycles. The highest BCUT2D eigenvalue weighted by Gasteiger charge is 2.42. The third-order valence-corrected chi connectivity index (χ3v) is 8.24. The largest absolute Gasteiger partial charge is 0.496 e. The van der Waals surface area contributed by atoms with Crippen molar-refractivity contribution in [3.8, 4) is 5.75 Å². The van der Waals surface area contributed by atoms with Gasteiger partial charge in [0, 0.05) is 11.1 Å². The molecule has 176 valence electrons. The molecule has 1 aliphatic rings. The molecule has 2 atom stereocenters. The van der Waals surface area contributed by atoms with Gasteiger partial charge in [0.05, 0.1) is 43.6 Å². The molecule has 0 aliphatic carbocycles. The fraction of sp³-hybridized carbons (Fsp3) is 0.520. The molecular weight excluding hydrogens is 426 g/mol. The van der Waals surface area contributed by atoms with Crippen LogP contribution >= 0.6 is 0 Å². The predicted molar refractivity (Wildman–Crippen MR) is 126 cm³/mol. The van der Waals surface area contributed by atoms with Crippen molar-refractivity contribution in [3.63, 3.8) is 0 Å². The number of hydrogen-bond donors (Lipinski definition) is 2. The van der Waals surface area contributed by atoms with Crippen molar-refractivity contribution in [3.05, 3.63) is 59.2 Å². The first-order chi connectivity index (χ1) is 15.4. The first kappa shape index (κ1) is 24.7. The number of methoxy groups -OCH3 is 1. The quantitative estimate of drug-likeness (QED) is 0.520. The van der Waals surface area contributed by atoms with Crippen LogP contribution in [-0.2, 0) is 21.2 Å². The van der Waals surface area contributed by atoms with Crippen molar-refractivity contribution >= 4 is 9.84 Å². The highest BCUT2D eigenvalue weighted by Crippen LogP contribution is 2.40. The lowest BCUT2D eigenvalue weighted by Gasteiger charge is -2.36. The Bertz CT molecular complexity index is 993. The molecule has 0 fully saturated rings. The Kier molecular flexibility index (Phi) is 8.33. The Morgan fingerprint density at radius 3 is 2.56 bits per heavy atom. The number of nitrogens with one attached hydrogen (secondary N) is 1. The van der Waals surface area contributed by atoms with E-state index in [0.29, 0.717) is 22.6 Å². The van der Waals surface area contributed by atoms with Crippen LogP contribution in [0.15, 0.2) is 47.4 Å². The van der Waals surface area contributed by atoms with Gasteiger partial charge in [-0.3, -0.25) is 5.32 Å². The lowest BCUT2D eigenvalue weighted by Crippen LogP contribution is -2.50. The van der Waals surface area contributed by atoms with E-state index in [4.69, 9.17) is 14.6 Å². The number of aliphatic hydroxyl groups excluding tert-OH is 1. The number of sulfone groups is 1. The van der Waals surface area contributed by atoms with E-state index in [9.17, 15) is 8.42 Å². The Morgan fingerprint density at radius 1 is 1.19 bits per heavy atom. The van der Waals surface area contributed by atoms with E-state index in [0.717, 1.165) is 30.4 Å². The summed E-state index contributed by atoms with van der Waals surface area (Å²) in [5.41, 5.74) is 1.98. The Hall–Kier alpha value is -1.93. The van der Waals surface area contributed by atoms with Crippen molar-refractivity contribution in [2.24, 2.45) is 0 Å². The summed E-state index contributed by atoms with van der Waals surface area (Å²) in [4.78, 5) is 0.313. The smallest absolute Gasteiger partial charge is 0.180 e. The summed E-state index contributed by atoms with van der Waals surface area (Å²) in [5, 5.41) is 12.8. The topological polar surface area (TPSA) is 84.9 Å². The SMILES string of the molecule is CCCC[C@]1(CC)CS(=O)(=O)c2cc(OC)c(COCCO)cc2[C@H](c2ccccc2)N1. The van der Waals surface area contributed by atoms with E-state index in [1.165, 1.54) is 7.11 Å².